The number of nitrogens with zero attached hydrogens (tertiary/aromatic N) is 3. The van der Waals surface area contributed by atoms with Crippen LogP contribution in [-0.2, 0) is 48.0 Å². The molecule has 10 atom stereocenters. The van der Waals surface area contributed by atoms with Crippen molar-refractivity contribution >= 4 is 30.0 Å². The number of aliphatic carboxylic acids is 1. The number of carbonyl (C=O) groups is 5. The molecule has 0 spiro atoms. The predicted molar refractivity (Wildman–Crippen MR) is 187 cm³/mol. The van der Waals surface area contributed by atoms with Crippen LogP contribution >= 0.6 is 0 Å². The summed E-state index contributed by atoms with van der Waals surface area (Å²) >= 11 is 0. The van der Waals surface area contributed by atoms with Gasteiger partial charge in [0.2, 0.25) is 0 Å². The number of fused-ring (bicyclic) bond motifs is 5. The van der Waals surface area contributed by atoms with E-state index in [9.17, 15) is 59.4 Å². The molecule has 0 heterocycles. The molecule has 4 N–H and O–H groups in total. The van der Waals surface area contributed by atoms with E-state index in [1.807, 2.05) is 6.08 Å². The molecule has 3 saturated carbocycles. The Kier molecular flexibility index (Phi) is 17.7. The van der Waals surface area contributed by atoms with Gasteiger partial charge in [0, 0.05) is 29.7 Å². The first-order valence-electron chi connectivity index (χ1n) is 17.8. The van der Waals surface area contributed by atoms with Crippen molar-refractivity contribution in [2.75, 3.05) is 26.4 Å². The summed E-state index contributed by atoms with van der Waals surface area (Å²) in [4.78, 5) is 97.2. The number of esters is 1. The number of nitrogens with two attached hydrogens (primary N) is 1. The lowest BCUT2D eigenvalue weighted by Gasteiger charge is -2.58. The van der Waals surface area contributed by atoms with Gasteiger partial charge in [-0.2, -0.15) is 0 Å². The van der Waals surface area contributed by atoms with E-state index >= 15 is 0 Å². The van der Waals surface area contributed by atoms with E-state index in [1.54, 1.807) is 19.1 Å². The van der Waals surface area contributed by atoms with Crippen molar-refractivity contribution in [2.24, 2.45) is 46.2 Å². The third-order valence-corrected chi connectivity index (χ3v) is 10.7. The van der Waals surface area contributed by atoms with Gasteiger partial charge in [-0.05, 0) is 74.3 Å². The number of carboxylic acids is 1. The van der Waals surface area contributed by atoms with Crippen LogP contribution in [-0.4, -0.2) is 100 Å². The number of carbonyl (C=O) groups excluding carboxylic acids is 4. The van der Waals surface area contributed by atoms with Crippen molar-refractivity contribution in [3.8, 4) is 0 Å². The van der Waals surface area contributed by atoms with E-state index in [0.717, 1.165) is 24.8 Å². The van der Waals surface area contributed by atoms with Gasteiger partial charge in [-0.25, -0.2) is 0 Å². The SMILES string of the molecule is CC(N)CC(=O)OCC(=O)C1C(C)CC2C3CCC4=CC(=O)C=CC4(C)C3C(O)CC21C.O=C(O)CCCO[N+](=O)[O-].O=COCC(CO[N+](=O)[O-])O[N+](=O)[O-]. The van der Waals surface area contributed by atoms with Gasteiger partial charge in [0.1, 0.15) is 19.8 Å². The van der Waals surface area contributed by atoms with Crippen LogP contribution in [0.1, 0.15) is 72.6 Å². The summed E-state index contributed by atoms with van der Waals surface area (Å²) < 4.78 is 9.37. The molecule has 4 rings (SSSR count). The molecule has 0 aromatic heterocycles. The van der Waals surface area contributed by atoms with Crippen LogP contribution in [0.4, 0.5) is 0 Å². The van der Waals surface area contributed by atoms with Crippen LogP contribution in [0.15, 0.2) is 23.8 Å². The van der Waals surface area contributed by atoms with Gasteiger partial charge in [0.25, 0.3) is 21.7 Å². The Morgan fingerprint density at radius 2 is 1.75 bits per heavy atom. The summed E-state index contributed by atoms with van der Waals surface area (Å²) in [5.74, 6) is -0.831. The molecule has 0 aromatic rings. The van der Waals surface area contributed by atoms with Crippen molar-refractivity contribution in [2.45, 2.75) is 90.9 Å². The lowest BCUT2D eigenvalue weighted by atomic mass is 9.46. The summed E-state index contributed by atoms with van der Waals surface area (Å²) in [6, 6.07) is -0.300. The Labute approximate surface area is 321 Å². The minimum atomic E-state index is -1.32. The minimum Gasteiger partial charge on any atom is -0.481 e. The summed E-state index contributed by atoms with van der Waals surface area (Å²) in [6.45, 7) is 6.62. The summed E-state index contributed by atoms with van der Waals surface area (Å²) in [5, 5.41) is 45.3. The molecule has 0 aromatic carbocycles. The van der Waals surface area contributed by atoms with Gasteiger partial charge >= 0.3 is 11.9 Å². The van der Waals surface area contributed by atoms with Crippen LogP contribution < -0.4 is 5.73 Å². The number of hydrogen-bond donors (Lipinski definition) is 3. The zero-order valence-corrected chi connectivity index (χ0v) is 31.6. The lowest BCUT2D eigenvalue weighted by molar-refractivity contribution is -0.790. The van der Waals surface area contributed by atoms with E-state index in [1.165, 1.54) is 0 Å². The molecular weight excluding hydrogens is 752 g/mol. The first kappa shape index (κ1) is 46.9. The highest BCUT2D eigenvalue weighted by atomic mass is 17.0. The Hall–Kier alpha value is -5.25. The molecule has 3 fully saturated rings. The van der Waals surface area contributed by atoms with Crippen LogP contribution in [0.2, 0.25) is 0 Å². The molecule has 314 valence electrons. The monoisotopic (exact) mass is 802 g/mol. The fourth-order valence-corrected chi connectivity index (χ4v) is 8.83. The molecule has 22 nitrogen and oxygen atoms in total. The fourth-order valence-electron chi connectivity index (χ4n) is 8.83. The van der Waals surface area contributed by atoms with Gasteiger partial charge in [-0.1, -0.05) is 32.4 Å². The third-order valence-electron chi connectivity index (χ3n) is 10.7. The van der Waals surface area contributed by atoms with Crippen LogP contribution in [0, 0.1) is 70.8 Å². The molecule has 0 aliphatic heterocycles. The van der Waals surface area contributed by atoms with E-state index < -0.39 is 52.6 Å². The maximum atomic E-state index is 13.3. The van der Waals surface area contributed by atoms with E-state index in [2.05, 4.69) is 40.0 Å². The number of ether oxygens (including phenoxy) is 2. The second-order valence-electron chi connectivity index (χ2n) is 14.8. The second-order valence-corrected chi connectivity index (χ2v) is 14.8. The highest BCUT2D eigenvalue weighted by molar-refractivity contribution is 6.01. The van der Waals surface area contributed by atoms with Gasteiger partial charge in [-0.15, -0.1) is 30.3 Å². The summed E-state index contributed by atoms with van der Waals surface area (Å²) in [7, 11) is 0. The normalized spacial score (nSPS) is 29.2. The fraction of sp³-hybridized carbons (Fsp3) is 0.735. The number of carboxylic acid groups (broad SMARTS) is 1. The molecule has 0 bridgehead atoms. The van der Waals surface area contributed by atoms with Crippen molar-refractivity contribution in [3.05, 3.63) is 54.1 Å². The van der Waals surface area contributed by atoms with Gasteiger partial charge < -0.3 is 39.9 Å². The molecular formula is C34H50N4O18. The molecule has 22 heteroatoms. The lowest BCUT2D eigenvalue weighted by Crippen LogP contribution is -2.56. The van der Waals surface area contributed by atoms with E-state index in [4.69, 9.17) is 15.6 Å². The molecule has 56 heavy (non-hydrogen) atoms. The number of aliphatic hydroxyl groups excluding tert-OH is 1. The topological polar surface area (TPSA) is 327 Å². The van der Waals surface area contributed by atoms with Crippen LogP contribution in [0.5, 0.6) is 0 Å². The van der Waals surface area contributed by atoms with Gasteiger partial charge in [0.15, 0.2) is 17.7 Å². The first-order chi connectivity index (χ1) is 26.2. The molecule has 4 aliphatic rings. The molecule has 0 radical (unpaired) electrons. The number of allylic oxidation sites excluding steroid dienone is 4. The second kappa shape index (κ2) is 21.2. The van der Waals surface area contributed by atoms with E-state index in [-0.39, 0.29) is 85.1 Å². The molecule has 0 saturated heterocycles. The summed E-state index contributed by atoms with van der Waals surface area (Å²) in [5.41, 5.74) is 6.16. The third kappa shape index (κ3) is 13.2. The average molecular weight is 803 g/mol. The quantitative estimate of drug-likeness (QED) is 0.0586. The predicted octanol–water partition coefficient (Wildman–Crippen LogP) is 1.98. The number of Topliss-reactive ketones (excluding diaryl/α,β-unsaturated/α-hetero) is 1. The zero-order valence-electron chi connectivity index (χ0n) is 31.6. The standard InChI is InChI=1S/C26H37NO5.C4H6N2O8.C4H7NO5/c1-14-9-19-18-6-5-16-11-17(28)7-8-25(16,3)24(18)20(29)12-26(19,4)23(14)21(30)13-32-22(31)10-15(2)27;7-3-12-1-4(14-6(10)11)2-13-5(8)9;6-4(7)2-1-3-10-5(8)9/h7-8,11,14-15,18-20,23-24,29H,5-6,9-10,12-13,27H2,1-4H3;3-4H,1-2H2;1-3H2,(H,6,7). The van der Waals surface area contributed by atoms with Crippen molar-refractivity contribution in [1.29, 1.82) is 0 Å². The highest BCUT2D eigenvalue weighted by Gasteiger charge is 2.64. The maximum absolute atomic E-state index is 13.3. The number of aliphatic hydroxyl groups is 1. The Bertz CT molecular complexity index is 1500. The minimum absolute atomic E-state index is 0.0302. The van der Waals surface area contributed by atoms with Crippen LogP contribution in [0.25, 0.3) is 0 Å². The highest BCUT2D eigenvalue weighted by Crippen LogP contribution is 2.67. The number of ketones is 2. The zero-order chi connectivity index (χ0) is 42.4. The van der Waals surface area contributed by atoms with Gasteiger partial charge in [-0.3, -0.25) is 24.0 Å². The van der Waals surface area contributed by atoms with Gasteiger partial charge in [0.05, 0.1) is 19.1 Å². The number of rotatable bonds is 18. The average Bonchev–Trinajstić information content (AvgIpc) is 3.36. The van der Waals surface area contributed by atoms with Crippen molar-refractivity contribution in [3.63, 3.8) is 0 Å². The number of hydrogen-bond acceptors (Lipinski definition) is 18. The van der Waals surface area contributed by atoms with Crippen LogP contribution in [0.3, 0.4) is 0 Å². The van der Waals surface area contributed by atoms with Crippen molar-refractivity contribution < 1.29 is 73.4 Å². The Morgan fingerprint density at radius 3 is 2.32 bits per heavy atom. The largest absolute Gasteiger partial charge is 0.481 e. The molecule has 10 unspecified atom stereocenters. The molecule has 4 aliphatic carbocycles. The van der Waals surface area contributed by atoms with E-state index in [0.29, 0.717) is 18.3 Å². The smallest absolute Gasteiger partial charge is 0.307 e. The Balaban J connectivity index is 0.000000373. The molecule has 0 amide bonds. The summed E-state index contributed by atoms with van der Waals surface area (Å²) in [6.07, 6.45) is 6.98. The first-order valence-corrected chi connectivity index (χ1v) is 17.8. The van der Waals surface area contributed by atoms with Crippen molar-refractivity contribution in [1.82, 2.24) is 0 Å². The maximum Gasteiger partial charge on any atom is 0.307 e. The Morgan fingerprint density at radius 1 is 1.09 bits per heavy atom.